The van der Waals surface area contributed by atoms with E-state index in [1.807, 2.05) is 0 Å². The Labute approximate surface area is 81.3 Å². The van der Waals surface area contributed by atoms with Crippen LogP contribution in [0.15, 0.2) is 17.2 Å². The maximum atomic E-state index is 11.3. The number of hydrogen-bond acceptors (Lipinski definition) is 4. The van der Waals surface area contributed by atoms with E-state index < -0.39 is 0 Å². The smallest absolute Gasteiger partial charge is 0.253 e. The van der Waals surface area contributed by atoms with Crippen LogP contribution in [0.3, 0.4) is 0 Å². The lowest BCUT2D eigenvalue weighted by molar-refractivity contribution is -0.123. The van der Waals surface area contributed by atoms with Crippen LogP contribution in [0.1, 0.15) is 5.69 Å². The van der Waals surface area contributed by atoms with E-state index >= 15 is 0 Å². The summed E-state index contributed by atoms with van der Waals surface area (Å²) in [5.41, 5.74) is 0.424. The summed E-state index contributed by atoms with van der Waals surface area (Å²) in [6.07, 6.45) is 1.37. The van der Waals surface area contributed by atoms with Gasteiger partial charge in [-0.2, -0.15) is 0 Å². The van der Waals surface area contributed by atoms with Crippen LogP contribution in [0.4, 0.5) is 0 Å². The second-order valence-electron chi connectivity index (χ2n) is 2.97. The summed E-state index contributed by atoms with van der Waals surface area (Å²) in [7, 11) is 1.44. The van der Waals surface area contributed by atoms with Crippen molar-refractivity contribution in [2.24, 2.45) is 0 Å². The number of carbonyl (C=O) groups is 1. The van der Waals surface area contributed by atoms with Crippen molar-refractivity contribution < 1.29 is 9.53 Å². The van der Waals surface area contributed by atoms with E-state index in [0.29, 0.717) is 5.69 Å². The van der Waals surface area contributed by atoms with Gasteiger partial charge in [-0.05, 0) is 6.92 Å². The Morgan fingerprint density at radius 2 is 2.36 bits per heavy atom. The van der Waals surface area contributed by atoms with Gasteiger partial charge in [-0.25, -0.2) is 4.98 Å². The van der Waals surface area contributed by atoms with E-state index in [1.165, 1.54) is 24.1 Å². The highest BCUT2D eigenvalue weighted by atomic mass is 16.5. The molecule has 0 N–H and O–H groups in total. The second kappa shape index (κ2) is 4.66. The van der Waals surface area contributed by atoms with Crippen LogP contribution in [0, 0.1) is 6.92 Å². The zero-order valence-corrected chi connectivity index (χ0v) is 8.19. The number of nitrogens with zero attached hydrogens (tertiary/aromatic N) is 2. The lowest BCUT2D eigenvalue weighted by Crippen LogP contribution is -2.25. The van der Waals surface area contributed by atoms with Crippen molar-refractivity contribution in [1.82, 2.24) is 9.55 Å². The molecule has 0 unspecified atom stereocenters. The molecule has 0 bridgehead atoms. The minimum Gasteiger partial charge on any atom is -0.377 e. The molecule has 0 aliphatic rings. The Morgan fingerprint density at radius 3 is 2.93 bits per heavy atom. The van der Waals surface area contributed by atoms with Gasteiger partial charge in [-0.3, -0.25) is 14.2 Å². The molecule has 76 valence electrons. The first kappa shape index (κ1) is 10.6. The van der Waals surface area contributed by atoms with Gasteiger partial charge in [0.15, 0.2) is 5.78 Å². The molecule has 0 atom stereocenters. The summed E-state index contributed by atoms with van der Waals surface area (Å²) in [5.74, 6) is -0.153. The second-order valence-corrected chi connectivity index (χ2v) is 2.97. The molecule has 0 spiro atoms. The largest absolute Gasteiger partial charge is 0.377 e. The Hall–Kier alpha value is -1.49. The van der Waals surface area contributed by atoms with Crippen molar-refractivity contribution >= 4 is 5.78 Å². The van der Waals surface area contributed by atoms with E-state index in [1.54, 1.807) is 6.92 Å². The molecule has 0 aliphatic heterocycles. The van der Waals surface area contributed by atoms with Crippen LogP contribution in [-0.2, 0) is 16.1 Å². The molecular weight excluding hydrogens is 184 g/mol. The van der Waals surface area contributed by atoms with Crippen LogP contribution in [0.25, 0.3) is 0 Å². The van der Waals surface area contributed by atoms with Gasteiger partial charge in [0, 0.05) is 18.9 Å². The van der Waals surface area contributed by atoms with Gasteiger partial charge in [0.2, 0.25) is 0 Å². The predicted molar refractivity (Wildman–Crippen MR) is 50.1 cm³/mol. The van der Waals surface area contributed by atoms with Gasteiger partial charge in [-0.15, -0.1) is 0 Å². The number of rotatable bonds is 4. The normalized spacial score (nSPS) is 10.1. The van der Waals surface area contributed by atoms with Crippen molar-refractivity contribution in [1.29, 1.82) is 0 Å². The number of ether oxygens (including phenoxy) is 1. The summed E-state index contributed by atoms with van der Waals surface area (Å²) in [5, 5.41) is 0. The van der Waals surface area contributed by atoms with E-state index in [0.717, 1.165) is 0 Å². The predicted octanol–water partition coefficient (Wildman–Crippen LogP) is -0.233. The summed E-state index contributed by atoms with van der Waals surface area (Å²) in [4.78, 5) is 26.4. The fraction of sp³-hybridized carbons (Fsp3) is 0.444. The highest BCUT2D eigenvalue weighted by Crippen LogP contribution is 1.86. The number of aryl methyl sites for hydroxylation is 1. The maximum Gasteiger partial charge on any atom is 0.253 e. The first-order valence-electron chi connectivity index (χ1n) is 4.17. The van der Waals surface area contributed by atoms with E-state index in [-0.39, 0.29) is 24.5 Å². The Bertz CT molecular complexity index is 384. The summed E-state index contributed by atoms with van der Waals surface area (Å²) >= 11 is 0. The molecule has 1 aromatic rings. The zero-order chi connectivity index (χ0) is 10.6. The number of methoxy groups -OCH3 is 1. The molecule has 0 fully saturated rings. The third kappa shape index (κ3) is 2.77. The van der Waals surface area contributed by atoms with E-state index in [9.17, 15) is 9.59 Å². The van der Waals surface area contributed by atoms with Crippen LogP contribution in [-0.4, -0.2) is 29.1 Å². The molecular formula is C9H12N2O3. The molecule has 0 saturated heterocycles. The topological polar surface area (TPSA) is 61.2 Å². The lowest BCUT2D eigenvalue weighted by Gasteiger charge is -2.03. The lowest BCUT2D eigenvalue weighted by atomic mass is 10.4. The van der Waals surface area contributed by atoms with E-state index in [2.05, 4.69) is 9.72 Å². The average Bonchev–Trinajstić information content (AvgIpc) is 2.10. The molecule has 0 radical (unpaired) electrons. The minimum absolute atomic E-state index is 0.0138. The molecule has 1 aromatic heterocycles. The standard InChI is InChI=1S/C9H12N2O3/c1-7-3-9(13)11(6-10-7)4-8(12)5-14-2/h3,6H,4-5H2,1-2H3. The van der Waals surface area contributed by atoms with Crippen molar-refractivity contribution in [2.45, 2.75) is 13.5 Å². The molecule has 0 aromatic carbocycles. The van der Waals surface area contributed by atoms with Crippen LogP contribution in [0.2, 0.25) is 0 Å². The fourth-order valence-electron chi connectivity index (χ4n) is 1.03. The minimum atomic E-state index is -0.220. The maximum absolute atomic E-state index is 11.3. The van der Waals surface area contributed by atoms with Gasteiger partial charge in [0.05, 0.1) is 12.9 Å². The Balaban J connectivity index is 2.77. The van der Waals surface area contributed by atoms with Crippen LogP contribution in [0.5, 0.6) is 0 Å². The highest BCUT2D eigenvalue weighted by Gasteiger charge is 2.03. The SMILES string of the molecule is COCC(=O)Cn1cnc(C)cc1=O. The third-order valence-electron chi connectivity index (χ3n) is 1.67. The van der Waals surface area contributed by atoms with Gasteiger partial charge in [-0.1, -0.05) is 0 Å². The van der Waals surface area contributed by atoms with Crippen molar-refractivity contribution in [3.05, 3.63) is 28.4 Å². The molecule has 0 aliphatic carbocycles. The van der Waals surface area contributed by atoms with Gasteiger partial charge >= 0.3 is 0 Å². The number of Topliss-reactive ketones (excluding diaryl/α,β-unsaturated/α-hetero) is 1. The number of ketones is 1. The van der Waals surface area contributed by atoms with Crippen LogP contribution >= 0.6 is 0 Å². The number of hydrogen-bond donors (Lipinski definition) is 0. The molecule has 0 saturated carbocycles. The van der Waals surface area contributed by atoms with Gasteiger partial charge < -0.3 is 4.74 Å². The Kier molecular flexibility index (Phi) is 3.53. The van der Waals surface area contributed by atoms with Crippen LogP contribution < -0.4 is 5.56 Å². The molecule has 0 amide bonds. The molecule has 1 rings (SSSR count). The van der Waals surface area contributed by atoms with Crippen molar-refractivity contribution in [3.63, 3.8) is 0 Å². The molecule has 5 heteroatoms. The first-order chi connectivity index (χ1) is 6.63. The van der Waals surface area contributed by atoms with Crippen molar-refractivity contribution in [3.8, 4) is 0 Å². The Morgan fingerprint density at radius 1 is 1.64 bits per heavy atom. The quantitative estimate of drug-likeness (QED) is 0.667. The highest BCUT2D eigenvalue weighted by molar-refractivity contribution is 5.79. The summed E-state index contributed by atoms with van der Waals surface area (Å²) in [6.45, 7) is 1.75. The summed E-state index contributed by atoms with van der Waals surface area (Å²) in [6, 6.07) is 1.39. The molecule has 5 nitrogen and oxygen atoms in total. The zero-order valence-electron chi connectivity index (χ0n) is 8.19. The number of carbonyl (C=O) groups excluding carboxylic acids is 1. The van der Waals surface area contributed by atoms with E-state index in [4.69, 9.17) is 0 Å². The monoisotopic (exact) mass is 196 g/mol. The average molecular weight is 196 g/mol. The fourth-order valence-corrected chi connectivity index (χ4v) is 1.03. The number of aromatic nitrogens is 2. The van der Waals surface area contributed by atoms with Gasteiger partial charge in [0.1, 0.15) is 6.61 Å². The summed E-state index contributed by atoms with van der Waals surface area (Å²) < 4.78 is 5.91. The van der Waals surface area contributed by atoms with Gasteiger partial charge in [0.25, 0.3) is 5.56 Å². The third-order valence-corrected chi connectivity index (χ3v) is 1.67. The first-order valence-corrected chi connectivity index (χ1v) is 4.17. The molecule has 14 heavy (non-hydrogen) atoms. The van der Waals surface area contributed by atoms with Crippen molar-refractivity contribution in [2.75, 3.05) is 13.7 Å². The molecule has 1 heterocycles.